The smallest absolute Gasteiger partial charge is 0.354 e. The van der Waals surface area contributed by atoms with Crippen molar-refractivity contribution in [3.63, 3.8) is 0 Å². The summed E-state index contributed by atoms with van der Waals surface area (Å²) in [6.07, 6.45) is 1.54. The predicted molar refractivity (Wildman–Crippen MR) is 56.1 cm³/mol. The molecule has 0 amide bonds. The SMILES string of the molecule is O=C(O)c1cc(=O)n2cc(Br)ccc2n1. The molecule has 0 aliphatic heterocycles. The van der Waals surface area contributed by atoms with Gasteiger partial charge in [0.25, 0.3) is 5.56 Å². The van der Waals surface area contributed by atoms with Gasteiger partial charge in [-0.15, -0.1) is 0 Å². The Bertz CT molecular complexity index is 606. The summed E-state index contributed by atoms with van der Waals surface area (Å²) >= 11 is 3.21. The summed E-state index contributed by atoms with van der Waals surface area (Å²) < 4.78 is 2.00. The normalized spacial score (nSPS) is 10.5. The fourth-order valence-electron chi connectivity index (χ4n) is 1.19. The number of pyridine rings is 1. The van der Waals surface area contributed by atoms with E-state index >= 15 is 0 Å². The van der Waals surface area contributed by atoms with E-state index in [2.05, 4.69) is 20.9 Å². The van der Waals surface area contributed by atoms with Crippen molar-refractivity contribution in [2.24, 2.45) is 0 Å². The molecule has 76 valence electrons. The van der Waals surface area contributed by atoms with E-state index in [-0.39, 0.29) is 5.69 Å². The lowest BCUT2D eigenvalue weighted by Gasteiger charge is -2.01. The molecule has 0 spiro atoms. The minimum atomic E-state index is -1.21. The quantitative estimate of drug-likeness (QED) is 0.843. The standard InChI is InChI=1S/C9H5BrN2O3/c10-5-1-2-7-11-6(9(14)15)3-8(13)12(7)4-5/h1-4H,(H,14,15). The van der Waals surface area contributed by atoms with Crippen molar-refractivity contribution >= 4 is 27.5 Å². The third kappa shape index (κ3) is 1.75. The lowest BCUT2D eigenvalue weighted by molar-refractivity contribution is 0.0690. The fraction of sp³-hybridized carbons (Fsp3) is 0. The molecule has 0 saturated carbocycles. The molecule has 2 aromatic heterocycles. The van der Waals surface area contributed by atoms with E-state index in [0.29, 0.717) is 5.65 Å². The maximum absolute atomic E-state index is 11.5. The Kier molecular flexibility index (Phi) is 2.28. The molecule has 0 aliphatic rings. The van der Waals surface area contributed by atoms with Crippen LogP contribution in [0.3, 0.4) is 0 Å². The second-order valence-electron chi connectivity index (χ2n) is 2.86. The third-order valence-corrected chi connectivity index (χ3v) is 2.31. The molecule has 0 radical (unpaired) electrons. The van der Waals surface area contributed by atoms with Crippen molar-refractivity contribution in [1.29, 1.82) is 0 Å². The molecule has 0 atom stereocenters. The van der Waals surface area contributed by atoms with Gasteiger partial charge in [0.05, 0.1) is 0 Å². The van der Waals surface area contributed by atoms with Crippen LogP contribution in [0.1, 0.15) is 10.5 Å². The summed E-state index contributed by atoms with van der Waals surface area (Å²) in [6.45, 7) is 0. The Morgan fingerprint density at radius 1 is 1.47 bits per heavy atom. The van der Waals surface area contributed by atoms with E-state index in [0.717, 1.165) is 10.5 Å². The molecule has 0 aromatic carbocycles. The van der Waals surface area contributed by atoms with Gasteiger partial charge in [-0.1, -0.05) is 0 Å². The zero-order valence-corrected chi connectivity index (χ0v) is 8.93. The monoisotopic (exact) mass is 268 g/mol. The number of aromatic carboxylic acids is 1. The zero-order valence-electron chi connectivity index (χ0n) is 7.35. The Balaban J connectivity index is 2.84. The Labute approximate surface area is 92.1 Å². The number of carboxylic acid groups (broad SMARTS) is 1. The molecule has 2 aromatic rings. The number of hydrogen-bond donors (Lipinski definition) is 1. The third-order valence-electron chi connectivity index (χ3n) is 1.84. The van der Waals surface area contributed by atoms with Crippen LogP contribution in [0.25, 0.3) is 5.65 Å². The van der Waals surface area contributed by atoms with Gasteiger partial charge in [0, 0.05) is 16.7 Å². The van der Waals surface area contributed by atoms with Gasteiger partial charge in [0.1, 0.15) is 5.65 Å². The van der Waals surface area contributed by atoms with Crippen molar-refractivity contribution in [3.8, 4) is 0 Å². The summed E-state index contributed by atoms with van der Waals surface area (Å²) in [6, 6.07) is 4.24. The molecule has 6 heteroatoms. The first-order valence-corrected chi connectivity index (χ1v) is 4.79. The average Bonchev–Trinajstić information content (AvgIpc) is 2.18. The van der Waals surface area contributed by atoms with Gasteiger partial charge in [0.2, 0.25) is 0 Å². The van der Waals surface area contributed by atoms with Crippen molar-refractivity contribution in [1.82, 2.24) is 9.38 Å². The highest BCUT2D eigenvalue weighted by molar-refractivity contribution is 9.10. The van der Waals surface area contributed by atoms with E-state index in [1.54, 1.807) is 12.1 Å². The van der Waals surface area contributed by atoms with Gasteiger partial charge in [-0.25, -0.2) is 9.78 Å². The maximum atomic E-state index is 11.5. The van der Waals surface area contributed by atoms with Crippen LogP contribution in [0, 0.1) is 0 Å². The minimum Gasteiger partial charge on any atom is -0.477 e. The number of carboxylic acids is 1. The number of aromatic nitrogens is 2. The zero-order chi connectivity index (χ0) is 11.0. The minimum absolute atomic E-state index is 0.248. The van der Waals surface area contributed by atoms with Crippen molar-refractivity contribution < 1.29 is 9.90 Å². The molecule has 0 saturated heterocycles. The molecule has 1 N–H and O–H groups in total. The summed E-state index contributed by atoms with van der Waals surface area (Å²) in [5.74, 6) is -1.21. The number of carbonyl (C=O) groups is 1. The van der Waals surface area contributed by atoms with Crippen LogP contribution in [0.15, 0.2) is 33.7 Å². The molecule has 5 nitrogen and oxygen atoms in total. The molecule has 0 fully saturated rings. The average molecular weight is 269 g/mol. The molecule has 2 heterocycles. The Morgan fingerprint density at radius 3 is 2.87 bits per heavy atom. The number of hydrogen-bond acceptors (Lipinski definition) is 3. The Morgan fingerprint density at radius 2 is 2.20 bits per heavy atom. The van der Waals surface area contributed by atoms with E-state index in [1.165, 1.54) is 10.6 Å². The highest BCUT2D eigenvalue weighted by Crippen LogP contribution is 2.09. The fourth-order valence-corrected chi connectivity index (χ4v) is 1.52. The molecular weight excluding hydrogens is 264 g/mol. The Hall–Kier alpha value is -1.69. The van der Waals surface area contributed by atoms with Gasteiger partial charge in [0.15, 0.2) is 5.69 Å². The lowest BCUT2D eigenvalue weighted by Crippen LogP contribution is -2.17. The number of rotatable bonds is 1. The van der Waals surface area contributed by atoms with E-state index < -0.39 is 11.5 Å². The molecule has 2 rings (SSSR count). The molecule has 0 unspecified atom stereocenters. The maximum Gasteiger partial charge on any atom is 0.354 e. The first-order valence-electron chi connectivity index (χ1n) is 4.00. The number of fused-ring (bicyclic) bond motifs is 1. The van der Waals surface area contributed by atoms with Crippen LogP contribution in [-0.2, 0) is 0 Å². The van der Waals surface area contributed by atoms with Crippen LogP contribution < -0.4 is 5.56 Å². The van der Waals surface area contributed by atoms with Gasteiger partial charge in [-0.2, -0.15) is 0 Å². The van der Waals surface area contributed by atoms with Gasteiger partial charge >= 0.3 is 5.97 Å². The summed E-state index contributed by atoms with van der Waals surface area (Å²) in [5, 5.41) is 8.70. The summed E-state index contributed by atoms with van der Waals surface area (Å²) in [4.78, 5) is 26.0. The highest BCUT2D eigenvalue weighted by atomic mass is 79.9. The van der Waals surface area contributed by atoms with E-state index in [4.69, 9.17) is 5.11 Å². The van der Waals surface area contributed by atoms with Crippen LogP contribution in [0.4, 0.5) is 0 Å². The first-order chi connectivity index (χ1) is 7.08. The largest absolute Gasteiger partial charge is 0.477 e. The van der Waals surface area contributed by atoms with E-state index in [9.17, 15) is 9.59 Å². The van der Waals surface area contributed by atoms with Gasteiger partial charge in [-0.3, -0.25) is 9.20 Å². The number of halogens is 1. The molecule has 0 bridgehead atoms. The van der Waals surface area contributed by atoms with Crippen LogP contribution in [-0.4, -0.2) is 20.5 Å². The molecular formula is C9H5BrN2O3. The van der Waals surface area contributed by atoms with Crippen molar-refractivity contribution in [2.45, 2.75) is 0 Å². The van der Waals surface area contributed by atoms with Crippen LogP contribution in [0.5, 0.6) is 0 Å². The molecule has 0 aliphatic carbocycles. The predicted octanol–water partition coefficient (Wildman–Crippen LogP) is 1.16. The second kappa shape index (κ2) is 3.47. The van der Waals surface area contributed by atoms with Crippen LogP contribution in [0.2, 0.25) is 0 Å². The highest BCUT2D eigenvalue weighted by Gasteiger charge is 2.08. The topological polar surface area (TPSA) is 71.7 Å². The second-order valence-corrected chi connectivity index (χ2v) is 3.78. The first kappa shape index (κ1) is 9.85. The van der Waals surface area contributed by atoms with E-state index in [1.807, 2.05) is 0 Å². The van der Waals surface area contributed by atoms with Gasteiger partial charge in [-0.05, 0) is 28.1 Å². The van der Waals surface area contributed by atoms with Crippen LogP contribution >= 0.6 is 15.9 Å². The summed E-state index contributed by atoms with van der Waals surface area (Å²) in [5.41, 5.74) is -0.357. The number of nitrogens with zero attached hydrogens (tertiary/aromatic N) is 2. The van der Waals surface area contributed by atoms with Crippen molar-refractivity contribution in [3.05, 3.63) is 44.9 Å². The van der Waals surface area contributed by atoms with Gasteiger partial charge < -0.3 is 5.11 Å². The lowest BCUT2D eigenvalue weighted by atomic mass is 10.4. The molecule has 15 heavy (non-hydrogen) atoms. The summed E-state index contributed by atoms with van der Waals surface area (Å²) in [7, 11) is 0. The van der Waals surface area contributed by atoms with Crippen molar-refractivity contribution in [2.75, 3.05) is 0 Å².